The number of aromatic nitrogens is 1. The minimum absolute atomic E-state index is 0.272. The fraction of sp³-hybridized carbons (Fsp3) is 0.0625. The number of nitrogens with zero attached hydrogens (tertiary/aromatic N) is 1. The Morgan fingerprint density at radius 1 is 1.10 bits per heavy atom. The van der Waals surface area contributed by atoms with Crippen LogP contribution in [0.15, 0.2) is 54.7 Å². The van der Waals surface area contributed by atoms with Crippen molar-refractivity contribution in [1.29, 1.82) is 0 Å². The maximum absolute atomic E-state index is 13.1. The molecule has 2 N–H and O–H groups in total. The van der Waals surface area contributed by atoms with Crippen LogP contribution in [0.25, 0.3) is 10.9 Å². The van der Waals surface area contributed by atoms with Crippen LogP contribution in [-0.4, -0.2) is 4.98 Å². The third-order valence-electron chi connectivity index (χ3n) is 3.05. The van der Waals surface area contributed by atoms with Crippen LogP contribution in [0.4, 0.5) is 10.1 Å². The predicted molar refractivity (Wildman–Crippen MR) is 76.9 cm³/mol. The van der Waals surface area contributed by atoms with E-state index in [1.54, 1.807) is 24.4 Å². The molecule has 0 saturated carbocycles. The van der Waals surface area contributed by atoms with Crippen molar-refractivity contribution in [2.24, 2.45) is 0 Å². The van der Waals surface area contributed by atoms with Crippen LogP contribution in [0.3, 0.4) is 0 Å². The molecule has 3 aromatic rings. The largest absolute Gasteiger partial charge is 0.487 e. The molecule has 0 atom stereocenters. The normalized spacial score (nSPS) is 10.7. The van der Waals surface area contributed by atoms with Crippen molar-refractivity contribution in [3.8, 4) is 5.75 Å². The highest BCUT2D eigenvalue weighted by atomic mass is 19.1. The summed E-state index contributed by atoms with van der Waals surface area (Å²) >= 11 is 0. The zero-order valence-electron chi connectivity index (χ0n) is 10.7. The minimum Gasteiger partial charge on any atom is -0.487 e. The van der Waals surface area contributed by atoms with Gasteiger partial charge in [0, 0.05) is 17.3 Å². The Hall–Kier alpha value is -2.62. The summed E-state index contributed by atoms with van der Waals surface area (Å²) in [5, 5.41) is 0.851. The molecule has 4 heteroatoms. The summed E-state index contributed by atoms with van der Waals surface area (Å²) < 4.78 is 18.8. The second kappa shape index (κ2) is 5.17. The van der Waals surface area contributed by atoms with Crippen LogP contribution in [0.5, 0.6) is 5.75 Å². The number of nitrogens with two attached hydrogens (primary N) is 1. The molecule has 0 fully saturated rings. The first-order valence-electron chi connectivity index (χ1n) is 6.24. The van der Waals surface area contributed by atoms with E-state index < -0.39 is 0 Å². The van der Waals surface area contributed by atoms with E-state index in [0.29, 0.717) is 17.0 Å². The summed E-state index contributed by atoms with van der Waals surface area (Å²) in [4.78, 5) is 4.29. The standard InChI is InChI=1S/C16H13FN2O/c17-12-4-1-3-11(9-12)10-20-15-7-6-14(18)13-5-2-8-19-16(13)15/h1-9H,10,18H2. The maximum atomic E-state index is 13.1. The van der Waals surface area contributed by atoms with Crippen molar-refractivity contribution in [3.05, 3.63) is 66.1 Å². The highest BCUT2D eigenvalue weighted by Crippen LogP contribution is 2.28. The fourth-order valence-electron chi connectivity index (χ4n) is 2.07. The van der Waals surface area contributed by atoms with Crippen LogP contribution in [-0.2, 0) is 6.61 Å². The molecule has 0 radical (unpaired) electrons. The lowest BCUT2D eigenvalue weighted by molar-refractivity contribution is 0.309. The molecule has 0 unspecified atom stereocenters. The second-order valence-electron chi connectivity index (χ2n) is 4.47. The van der Waals surface area contributed by atoms with Gasteiger partial charge in [-0.15, -0.1) is 0 Å². The number of anilines is 1. The molecule has 2 aromatic carbocycles. The lowest BCUT2D eigenvalue weighted by Crippen LogP contribution is -1.98. The number of hydrogen-bond acceptors (Lipinski definition) is 3. The molecule has 0 aliphatic heterocycles. The molecule has 20 heavy (non-hydrogen) atoms. The summed E-state index contributed by atoms with van der Waals surface area (Å²) in [6.45, 7) is 0.285. The van der Waals surface area contributed by atoms with Gasteiger partial charge in [0.15, 0.2) is 0 Å². The first-order chi connectivity index (χ1) is 9.74. The van der Waals surface area contributed by atoms with Gasteiger partial charge in [-0.2, -0.15) is 0 Å². The number of benzene rings is 2. The topological polar surface area (TPSA) is 48.1 Å². The third kappa shape index (κ3) is 2.40. The van der Waals surface area contributed by atoms with Crippen LogP contribution in [0, 0.1) is 5.82 Å². The fourth-order valence-corrected chi connectivity index (χ4v) is 2.07. The molecule has 1 aromatic heterocycles. The molecule has 0 aliphatic rings. The Kier molecular flexibility index (Phi) is 3.21. The van der Waals surface area contributed by atoms with Gasteiger partial charge in [0.2, 0.25) is 0 Å². The molecule has 0 bridgehead atoms. The van der Waals surface area contributed by atoms with Crippen molar-refractivity contribution in [2.45, 2.75) is 6.61 Å². The number of pyridine rings is 1. The van der Waals surface area contributed by atoms with Gasteiger partial charge < -0.3 is 10.5 Å². The van der Waals surface area contributed by atoms with Gasteiger partial charge in [-0.1, -0.05) is 12.1 Å². The molecule has 3 nitrogen and oxygen atoms in total. The molecular formula is C16H13FN2O. The number of fused-ring (bicyclic) bond motifs is 1. The van der Waals surface area contributed by atoms with Crippen molar-refractivity contribution >= 4 is 16.6 Å². The molecule has 3 rings (SSSR count). The zero-order valence-corrected chi connectivity index (χ0v) is 10.7. The van der Waals surface area contributed by atoms with E-state index in [0.717, 1.165) is 10.9 Å². The molecule has 1 heterocycles. The molecule has 0 amide bonds. The van der Waals surface area contributed by atoms with Gasteiger partial charge in [-0.05, 0) is 42.0 Å². The lowest BCUT2D eigenvalue weighted by Gasteiger charge is -2.10. The molecule has 0 spiro atoms. The number of nitrogen functional groups attached to an aromatic ring is 1. The molecule has 100 valence electrons. The first-order valence-corrected chi connectivity index (χ1v) is 6.24. The van der Waals surface area contributed by atoms with Crippen LogP contribution in [0.2, 0.25) is 0 Å². The van der Waals surface area contributed by atoms with E-state index in [9.17, 15) is 4.39 Å². The summed E-state index contributed by atoms with van der Waals surface area (Å²) in [6.07, 6.45) is 1.69. The van der Waals surface area contributed by atoms with E-state index in [-0.39, 0.29) is 12.4 Å². The van der Waals surface area contributed by atoms with Crippen molar-refractivity contribution < 1.29 is 9.13 Å². The second-order valence-corrected chi connectivity index (χ2v) is 4.47. The van der Waals surface area contributed by atoms with Crippen LogP contribution < -0.4 is 10.5 Å². The number of ether oxygens (including phenoxy) is 1. The highest BCUT2D eigenvalue weighted by Gasteiger charge is 2.06. The first kappa shape index (κ1) is 12.4. The Morgan fingerprint density at radius 3 is 2.85 bits per heavy atom. The zero-order chi connectivity index (χ0) is 13.9. The monoisotopic (exact) mass is 268 g/mol. The lowest BCUT2D eigenvalue weighted by atomic mass is 10.1. The average molecular weight is 268 g/mol. The Balaban J connectivity index is 1.90. The third-order valence-corrected chi connectivity index (χ3v) is 3.05. The van der Waals surface area contributed by atoms with Gasteiger partial charge in [0.25, 0.3) is 0 Å². The minimum atomic E-state index is -0.272. The summed E-state index contributed by atoms with van der Waals surface area (Å²) in [5.41, 5.74) is 8.05. The number of halogens is 1. The van der Waals surface area contributed by atoms with E-state index in [1.165, 1.54) is 12.1 Å². The summed E-state index contributed by atoms with van der Waals surface area (Å²) in [7, 11) is 0. The van der Waals surface area contributed by atoms with Crippen molar-refractivity contribution in [3.63, 3.8) is 0 Å². The summed E-state index contributed by atoms with van der Waals surface area (Å²) in [5.74, 6) is 0.366. The smallest absolute Gasteiger partial charge is 0.146 e. The Morgan fingerprint density at radius 2 is 2.00 bits per heavy atom. The van der Waals surface area contributed by atoms with E-state index in [4.69, 9.17) is 10.5 Å². The SMILES string of the molecule is Nc1ccc(OCc2cccc(F)c2)c2ncccc12. The van der Waals surface area contributed by atoms with Gasteiger partial charge in [0.1, 0.15) is 23.7 Å². The maximum Gasteiger partial charge on any atom is 0.146 e. The van der Waals surface area contributed by atoms with E-state index >= 15 is 0 Å². The Bertz CT molecular complexity index is 758. The number of hydrogen-bond donors (Lipinski definition) is 1. The van der Waals surface area contributed by atoms with Gasteiger partial charge in [-0.25, -0.2) is 4.39 Å². The van der Waals surface area contributed by atoms with Gasteiger partial charge in [0.05, 0.1) is 0 Å². The van der Waals surface area contributed by atoms with Gasteiger partial charge >= 0.3 is 0 Å². The Labute approximate surface area is 115 Å². The van der Waals surface area contributed by atoms with Crippen LogP contribution in [0.1, 0.15) is 5.56 Å². The predicted octanol–water partition coefficient (Wildman–Crippen LogP) is 3.54. The van der Waals surface area contributed by atoms with E-state index in [1.807, 2.05) is 18.2 Å². The molecule has 0 aliphatic carbocycles. The quantitative estimate of drug-likeness (QED) is 0.739. The molecule has 0 saturated heterocycles. The number of rotatable bonds is 3. The van der Waals surface area contributed by atoms with Gasteiger partial charge in [-0.3, -0.25) is 4.98 Å². The molecular weight excluding hydrogens is 255 g/mol. The summed E-state index contributed by atoms with van der Waals surface area (Å²) in [6, 6.07) is 13.6. The highest BCUT2D eigenvalue weighted by molar-refractivity contribution is 5.94. The van der Waals surface area contributed by atoms with Crippen molar-refractivity contribution in [2.75, 3.05) is 5.73 Å². The van der Waals surface area contributed by atoms with Crippen molar-refractivity contribution in [1.82, 2.24) is 4.98 Å². The van der Waals surface area contributed by atoms with Crippen LogP contribution >= 0.6 is 0 Å². The van der Waals surface area contributed by atoms with E-state index in [2.05, 4.69) is 4.98 Å². The average Bonchev–Trinajstić information content (AvgIpc) is 2.47.